The molecule has 0 radical (unpaired) electrons. The van der Waals surface area contributed by atoms with Crippen LogP contribution >= 0.6 is 34.8 Å². The Morgan fingerprint density at radius 2 is 1.85 bits per heavy atom. The molecule has 0 aliphatic carbocycles. The second kappa shape index (κ2) is 5.40. The molecular formula is C14H13Cl3N2O. The quantitative estimate of drug-likeness (QED) is 0.719. The molecule has 1 aromatic carbocycles. The van der Waals surface area contributed by atoms with Crippen molar-refractivity contribution in [3.05, 3.63) is 39.0 Å². The molecule has 0 spiro atoms. The Hall–Kier alpha value is -1.03. The second-order valence-corrected chi connectivity index (χ2v) is 6.58. The number of aromatic nitrogens is 2. The molecule has 0 atom stereocenters. The van der Waals surface area contributed by atoms with Gasteiger partial charge in [0.15, 0.2) is 6.29 Å². The van der Waals surface area contributed by atoms with Crippen LogP contribution in [0.25, 0.3) is 11.3 Å². The predicted molar refractivity (Wildman–Crippen MR) is 83.1 cm³/mol. The first-order valence-electron chi connectivity index (χ1n) is 5.95. The van der Waals surface area contributed by atoms with E-state index in [4.69, 9.17) is 34.8 Å². The predicted octanol–water partition coefficient (Wildman–Crippen LogP) is 5.08. The highest BCUT2D eigenvalue weighted by molar-refractivity contribution is 6.36. The van der Waals surface area contributed by atoms with E-state index in [1.54, 1.807) is 22.9 Å². The lowest BCUT2D eigenvalue weighted by molar-refractivity contribution is 0.112. The van der Waals surface area contributed by atoms with Gasteiger partial charge in [0, 0.05) is 10.6 Å². The molecule has 1 heterocycles. The maximum Gasteiger partial charge on any atom is 0.155 e. The van der Waals surface area contributed by atoms with Crippen LogP contribution in [-0.4, -0.2) is 16.1 Å². The van der Waals surface area contributed by atoms with Gasteiger partial charge in [-0.2, -0.15) is 5.10 Å². The summed E-state index contributed by atoms with van der Waals surface area (Å²) >= 11 is 18.4. The van der Waals surface area contributed by atoms with Crippen molar-refractivity contribution in [1.29, 1.82) is 0 Å². The van der Waals surface area contributed by atoms with E-state index < -0.39 is 0 Å². The first kappa shape index (κ1) is 15.4. The Morgan fingerprint density at radius 3 is 2.40 bits per heavy atom. The minimum Gasteiger partial charge on any atom is -0.298 e. The molecule has 106 valence electrons. The van der Waals surface area contributed by atoms with Crippen molar-refractivity contribution < 1.29 is 4.79 Å². The van der Waals surface area contributed by atoms with Crippen molar-refractivity contribution in [2.45, 2.75) is 26.3 Å². The Labute approximate surface area is 132 Å². The third-order valence-corrected chi connectivity index (χ3v) is 3.73. The molecule has 0 saturated carbocycles. The van der Waals surface area contributed by atoms with Gasteiger partial charge in [-0.1, -0.05) is 34.8 Å². The molecule has 0 unspecified atom stereocenters. The van der Waals surface area contributed by atoms with Gasteiger partial charge in [-0.05, 0) is 39.0 Å². The number of rotatable bonds is 2. The average molecular weight is 332 g/mol. The van der Waals surface area contributed by atoms with Crippen LogP contribution in [0.3, 0.4) is 0 Å². The van der Waals surface area contributed by atoms with E-state index in [1.165, 1.54) is 0 Å². The first-order valence-corrected chi connectivity index (χ1v) is 7.08. The molecule has 3 nitrogen and oxygen atoms in total. The van der Waals surface area contributed by atoms with Crippen LogP contribution in [0.4, 0.5) is 0 Å². The van der Waals surface area contributed by atoms with E-state index in [2.05, 4.69) is 5.10 Å². The zero-order chi connectivity index (χ0) is 15.1. The number of hydrogen-bond acceptors (Lipinski definition) is 2. The van der Waals surface area contributed by atoms with E-state index >= 15 is 0 Å². The average Bonchev–Trinajstić information content (AvgIpc) is 2.69. The lowest BCUT2D eigenvalue weighted by atomic mass is 10.1. The van der Waals surface area contributed by atoms with Crippen LogP contribution in [-0.2, 0) is 5.54 Å². The molecule has 1 aromatic heterocycles. The SMILES string of the molecule is CC(C)(C)n1nc(-c2cc(Cl)ccc2Cl)c(C=O)c1Cl. The van der Waals surface area contributed by atoms with E-state index in [1.807, 2.05) is 20.8 Å². The van der Waals surface area contributed by atoms with Gasteiger partial charge in [0.2, 0.25) is 0 Å². The summed E-state index contributed by atoms with van der Waals surface area (Å²) in [6, 6.07) is 5.01. The second-order valence-electron chi connectivity index (χ2n) is 5.38. The molecule has 0 aliphatic heterocycles. The molecule has 0 amide bonds. The van der Waals surface area contributed by atoms with Crippen LogP contribution < -0.4 is 0 Å². The Morgan fingerprint density at radius 1 is 1.20 bits per heavy atom. The summed E-state index contributed by atoms with van der Waals surface area (Å²) in [5.41, 5.74) is 0.988. The fourth-order valence-electron chi connectivity index (χ4n) is 1.84. The van der Waals surface area contributed by atoms with Gasteiger partial charge in [0.25, 0.3) is 0 Å². The van der Waals surface area contributed by atoms with Crippen LogP contribution in [0.1, 0.15) is 31.1 Å². The summed E-state index contributed by atoms with van der Waals surface area (Å²) in [6.45, 7) is 5.84. The van der Waals surface area contributed by atoms with Crippen LogP contribution in [0.15, 0.2) is 18.2 Å². The molecule has 2 rings (SSSR count). The molecule has 20 heavy (non-hydrogen) atoms. The molecule has 2 aromatic rings. The van der Waals surface area contributed by atoms with Crippen molar-refractivity contribution in [2.24, 2.45) is 0 Å². The van der Waals surface area contributed by atoms with E-state index in [9.17, 15) is 4.79 Å². The smallest absolute Gasteiger partial charge is 0.155 e. The monoisotopic (exact) mass is 330 g/mol. The van der Waals surface area contributed by atoms with E-state index in [0.29, 0.717) is 38.3 Å². The lowest BCUT2D eigenvalue weighted by Gasteiger charge is -2.20. The number of hydrogen-bond donors (Lipinski definition) is 0. The van der Waals surface area contributed by atoms with E-state index in [0.717, 1.165) is 0 Å². The van der Waals surface area contributed by atoms with Crippen molar-refractivity contribution in [3.8, 4) is 11.3 Å². The molecule has 0 aliphatic rings. The Balaban J connectivity index is 2.75. The van der Waals surface area contributed by atoms with Gasteiger partial charge >= 0.3 is 0 Å². The number of halogens is 3. The highest BCUT2D eigenvalue weighted by Gasteiger charge is 2.25. The summed E-state index contributed by atoms with van der Waals surface area (Å²) < 4.78 is 1.60. The Kier molecular flexibility index (Phi) is 4.14. The minimum atomic E-state index is -0.349. The van der Waals surface area contributed by atoms with Gasteiger partial charge in [0.05, 0.1) is 16.1 Å². The molecule has 0 bridgehead atoms. The lowest BCUT2D eigenvalue weighted by Crippen LogP contribution is -2.23. The summed E-state index contributed by atoms with van der Waals surface area (Å²) in [5.74, 6) is 0. The molecule has 0 saturated heterocycles. The standard InChI is InChI=1S/C14H13Cl3N2O/c1-14(2,3)19-13(17)10(7-20)12(18-19)9-6-8(15)4-5-11(9)16/h4-7H,1-3H3. The summed E-state index contributed by atoms with van der Waals surface area (Å²) in [4.78, 5) is 11.3. The van der Waals surface area contributed by atoms with Crippen molar-refractivity contribution >= 4 is 41.1 Å². The van der Waals surface area contributed by atoms with Gasteiger partial charge < -0.3 is 0 Å². The summed E-state index contributed by atoms with van der Waals surface area (Å²) in [6.07, 6.45) is 0.685. The van der Waals surface area contributed by atoms with Gasteiger partial charge in [-0.15, -0.1) is 0 Å². The number of carbonyl (C=O) groups excluding carboxylic acids is 1. The van der Waals surface area contributed by atoms with Crippen molar-refractivity contribution in [1.82, 2.24) is 9.78 Å². The van der Waals surface area contributed by atoms with Gasteiger partial charge in [0.1, 0.15) is 10.8 Å². The van der Waals surface area contributed by atoms with E-state index in [-0.39, 0.29) is 5.54 Å². The largest absolute Gasteiger partial charge is 0.298 e. The maximum atomic E-state index is 11.3. The van der Waals surface area contributed by atoms with Crippen LogP contribution in [0.5, 0.6) is 0 Å². The molecular weight excluding hydrogens is 319 g/mol. The number of benzene rings is 1. The van der Waals surface area contributed by atoms with Crippen LogP contribution in [0, 0.1) is 0 Å². The zero-order valence-corrected chi connectivity index (χ0v) is 13.5. The summed E-state index contributed by atoms with van der Waals surface area (Å²) in [7, 11) is 0. The molecule has 0 N–H and O–H groups in total. The number of nitrogens with zero attached hydrogens (tertiary/aromatic N) is 2. The molecule has 6 heteroatoms. The van der Waals surface area contributed by atoms with Crippen molar-refractivity contribution in [3.63, 3.8) is 0 Å². The highest BCUT2D eigenvalue weighted by atomic mass is 35.5. The topological polar surface area (TPSA) is 34.9 Å². The third-order valence-electron chi connectivity index (χ3n) is 2.80. The fourth-order valence-corrected chi connectivity index (χ4v) is 2.64. The third kappa shape index (κ3) is 2.71. The normalized spacial score (nSPS) is 11.7. The summed E-state index contributed by atoms with van der Waals surface area (Å²) in [5, 5.41) is 5.71. The maximum absolute atomic E-state index is 11.3. The highest BCUT2D eigenvalue weighted by Crippen LogP contribution is 2.35. The van der Waals surface area contributed by atoms with Crippen LogP contribution in [0.2, 0.25) is 15.2 Å². The van der Waals surface area contributed by atoms with Gasteiger partial charge in [-0.25, -0.2) is 4.68 Å². The first-order chi connectivity index (χ1) is 9.25. The Bertz CT molecular complexity index is 672. The van der Waals surface area contributed by atoms with Crippen molar-refractivity contribution in [2.75, 3.05) is 0 Å². The van der Waals surface area contributed by atoms with Gasteiger partial charge in [-0.3, -0.25) is 4.79 Å². The molecule has 0 fully saturated rings. The zero-order valence-electron chi connectivity index (χ0n) is 11.2. The number of carbonyl (C=O) groups is 1. The fraction of sp³-hybridized carbons (Fsp3) is 0.286. The minimum absolute atomic E-state index is 0.290. The number of aldehydes is 1.